The van der Waals surface area contributed by atoms with E-state index in [4.69, 9.17) is 11.6 Å². The van der Waals surface area contributed by atoms with E-state index in [1.807, 2.05) is 31.2 Å². The zero-order valence-electron chi connectivity index (χ0n) is 19.3. The molecular formula is C27H19ClN4O3S. The lowest BCUT2D eigenvalue weighted by molar-refractivity contribution is -0.132. The Morgan fingerprint density at radius 1 is 1.03 bits per heavy atom. The van der Waals surface area contributed by atoms with Crippen LogP contribution >= 0.6 is 22.9 Å². The third-order valence-electron chi connectivity index (χ3n) is 6.28. The van der Waals surface area contributed by atoms with Crippen molar-refractivity contribution in [3.63, 3.8) is 0 Å². The Labute approximate surface area is 214 Å². The van der Waals surface area contributed by atoms with Crippen LogP contribution < -0.4 is 4.90 Å². The molecule has 1 saturated heterocycles. The topological polar surface area (TPSA) is 87.8 Å². The summed E-state index contributed by atoms with van der Waals surface area (Å²) in [5.74, 6) is -1.85. The summed E-state index contributed by atoms with van der Waals surface area (Å²) in [5, 5.41) is 12.4. The van der Waals surface area contributed by atoms with Gasteiger partial charge in [0.05, 0.1) is 27.5 Å². The van der Waals surface area contributed by atoms with Crippen molar-refractivity contribution in [1.82, 2.24) is 14.4 Å². The van der Waals surface area contributed by atoms with Crippen LogP contribution in [0.2, 0.25) is 5.02 Å². The molecule has 4 heterocycles. The Bertz CT molecular complexity index is 1750. The van der Waals surface area contributed by atoms with Gasteiger partial charge in [0.2, 0.25) is 0 Å². The van der Waals surface area contributed by atoms with Crippen LogP contribution in [0.25, 0.3) is 21.6 Å². The predicted octanol–water partition coefficient (Wildman–Crippen LogP) is 5.84. The Balaban J connectivity index is 1.62. The number of Topliss-reactive ketones (excluding diaryl/α,β-unsaturated/α-hetero) is 1. The minimum atomic E-state index is -0.918. The van der Waals surface area contributed by atoms with Gasteiger partial charge in [-0.05, 0) is 61.4 Å². The van der Waals surface area contributed by atoms with Gasteiger partial charge in [-0.2, -0.15) is 0 Å². The van der Waals surface area contributed by atoms with E-state index in [1.165, 1.54) is 16.2 Å². The molecule has 1 aliphatic heterocycles. The molecule has 178 valence electrons. The van der Waals surface area contributed by atoms with Crippen LogP contribution in [0.15, 0.2) is 72.4 Å². The van der Waals surface area contributed by atoms with Gasteiger partial charge in [0.1, 0.15) is 11.3 Å². The molecule has 0 saturated carbocycles. The molecule has 1 fully saturated rings. The molecule has 7 nitrogen and oxygen atoms in total. The number of hydrogen-bond donors (Lipinski definition) is 1. The summed E-state index contributed by atoms with van der Waals surface area (Å²) in [4.78, 5) is 37.5. The maximum absolute atomic E-state index is 13.5. The van der Waals surface area contributed by atoms with Crippen LogP contribution in [-0.2, 0) is 9.59 Å². The highest BCUT2D eigenvalue weighted by atomic mass is 35.5. The number of aliphatic hydroxyl groups is 1. The molecule has 5 aromatic rings. The molecule has 0 bridgehead atoms. The van der Waals surface area contributed by atoms with Crippen molar-refractivity contribution in [2.24, 2.45) is 0 Å². The number of carbonyl (C=O) groups is 2. The van der Waals surface area contributed by atoms with E-state index in [1.54, 1.807) is 53.9 Å². The second-order valence-corrected chi connectivity index (χ2v) is 10.1. The number of ketones is 1. The third kappa shape index (κ3) is 3.41. The van der Waals surface area contributed by atoms with Crippen LogP contribution in [0.5, 0.6) is 0 Å². The molecule has 3 aromatic heterocycles. The fraction of sp³-hybridized carbons (Fsp3) is 0.111. The molecular weight excluding hydrogens is 496 g/mol. The van der Waals surface area contributed by atoms with Crippen molar-refractivity contribution < 1.29 is 14.7 Å². The second-order valence-electron chi connectivity index (χ2n) is 8.67. The summed E-state index contributed by atoms with van der Waals surface area (Å²) in [6.45, 7) is 3.73. The first kappa shape index (κ1) is 22.5. The minimum Gasteiger partial charge on any atom is -0.505 e. The lowest BCUT2D eigenvalue weighted by Gasteiger charge is -2.23. The van der Waals surface area contributed by atoms with Gasteiger partial charge in [-0.25, -0.2) is 9.97 Å². The molecule has 0 spiro atoms. The molecule has 6 rings (SSSR count). The van der Waals surface area contributed by atoms with Gasteiger partial charge in [0, 0.05) is 11.2 Å². The van der Waals surface area contributed by atoms with Crippen molar-refractivity contribution in [2.45, 2.75) is 19.9 Å². The highest BCUT2D eigenvalue weighted by Gasteiger charge is 2.48. The molecule has 0 radical (unpaired) electrons. The molecule has 1 atom stereocenters. The zero-order chi connectivity index (χ0) is 25.1. The van der Waals surface area contributed by atoms with Gasteiger partial charge in [0.25, 0.3) is 5.78 Å². The molecule has 9 heteroatoms. The number of amides is 1. The molecule has 1 amide bonds. The first-order valence-electron chi connectivity index (χ1n) is 11.2. The second kappa shape index (κ2) is 8.29. The zero-order valence-corrected chi connectivity index (χ0v) is 20.8. The maximum Gasteiger partial charge on any atom is 0.301 e. The van der Waals surface area contributed by atoms with E-state index in [9.17, 15) is 14.7 Å². The average molecular weight is 515 g/mol. The van der Waals surface area contributed by atoms with Crippen LogP contribution in [0.1, 0.15) is 28.6 Å². The van der Waals surface area contributed by atoms with E-state index in [-0.39, 0.29) is 11.3 Å². The summed E-state index contributed by atoms with van der Waals surface area (Å²) in [6, 6.07) is 17.3. The number of aromatic nitrogens is 3. The van der Waals surface area contributed by atoms with Crippen molar-refractivity contribution in [3.8, 4) is 0 Å². The minimum absolute atomic E-state index is 0.0357. The number of fused-ring (bicyclic) bond motifs is 2. The molecule has 1 unspecified atom stereocenters. The standard InChI is InChI=1S/C27H19ClN4O3S/c1-14-9-10-18-19(12-14)36-27(30-18)32-23(16-6-5-7-17(28)13-16)21(25(34)26(32)35)24(33)22-15(2)29-20-8-3-4-11-31(20)22/h3-13,23,33H,1-2H3. The maximum atomic E-state index is 13.5. The molecule has 1 N–H and O–H groups in total. The van der Waals surface area contributed by atoms with Crippen molar-refractivity contribution in [1.29, 1.82) is 0 Å². The van der Waals surface area contributed by atoms with Gasteiger partial charge >= 0.3 is 5.91 Å². The van der Waals surface area contributed by atoms with Gasteiger partial charge in [-0.1, -0.05) is 47.2 Å². The van der Waals surface area contributed by atoms with Crippen LogP contribution in [0.4, 0.5) is 5.13 Å². The summed E-state index contributed by atoms with van der Waals surface area (Å²) >= 11 is 7.63. The molecule has 0 aliphatic carbocycles. The number of aliphatic hydroxyl groups excluding tert-OH is 1. The first-order valence-corrected chi connectivity index (χ1v) is 12.4. The van der Waals surface area contributed by atoms with E-state index in [2.05, 4.69) is 9.97 Å². The lowest BCUT2D eigenvalue weighted by atomic mass is 9.96. The number of imidazole rings is 1. The number of pyridine rings is 1. The van der Waals surface area contributed by atoms with Gasteiger partial charge < -0.3 is 5.11 Å². The highest BCUT2D eigenvalue weighted by molar-refractivity contribution is 7.22. The van der Waals surface area contributed by atoms with Gasteiger partial charge in [-0.15, -0.1) is 0 Å². The highest BCUT2D eigenvalue weighted by Crippen LogP contribution is 2.45. The van der Waals surface area contributed by atoms with Crippen molar-refractivity contribution >= 4 is 61.4 Å². The summed E-state index contributed by atoms with van der Waals surface area (Å²) in [5.41, 5.74) is 3.85. The lowest BCUT2D eigenvalue weighted by Crippen LogP contribution is -2.29. The number of nitrogens with zero attached hydrogens (tertiary/aromatic N) is 4. The average Bonchev–Trinajstić information content (AvgIpc) is 3.49. The molecule has 36 heavy (non-hydrogen) atoms. The van der Waals surface area contributed by atoms with Crippen LogP contribution in [-0.4, -0.2) is 31.2 Å². The first-order chi connectivity index (χ1) is 17.3. The quantitative estimate of drug-likeness (QED) is 0.186. The Morgan fingerprint density at radius 3 is 2.67 bits per heavy atom. The number of aryl methyl sites for hydroxylation is 2. The number of rotatable bonds is 3. The number of anilines is 1. The summed E-state index contributed by atoms with van der Waals surface area (Å²) in [6.07, 6.45) is 1.75. The number of benzene rings is 2. The van der Waals surface area contributed by atoms with E-state index >= 15 is 0 Å². The van der Waals surface area contributed by atoms with Gasteiger partial charge in [0.15, 0.2) is 10.9 Å². The van der Waals surface area contributed by atoms with Crippen molar-refractivity contribution in [2.75, 3.05) is 4.90 Å². The van der Waals surface area contributed by atoms with E-state index in [0.717, 1.165) is 15.8 Å². The fourth-order valence-corrected chi connectivity index (χ4v) is 5.96. The number of hydrogen-bond acceptors (Lipinski definition) is 6. The fourth-order valence-electron chi connectivity index (χ4n) is 4.67. The van der Waals surface area contributed by atoms with E-state index in [0.29, 0.717) is 32.8 Å². The van der Waals surface area contributed by atoms with Crippen LogP contribution in [0.3, 0.4) is 0 Å². The molecule has 2 aromatic carbocycles. The van der Waals surface area contributed by atoms with Gasteiger partial charge in [-0.3, -0.25) is 18.9 Å². The van der Waals surface area contributed by atoms with Crippen molar-refractivity contribution in [3.05, 3.63) is 100.0 Å². The van der Waals surface area contributed by atoms with Crippen LogP contribution in [0, 0.1) is 13.8 Å². The Kier molecular flexibility index (Phi) is 5.17. The monoisotopic (exact) mass is 514 g/mol. The molecule has 1 aliphatic rings. The number of carbonyl (C=O) groups excluding carboxylic acids is 2. The third-order valence-corrected chi connectivity index (χ3v) is 7.53. The largest absolute Gasteiger partial charge is 0.505 e. The summed E-state index contributed by atoms with van der Waals surface area (Å²) in [7, 11) is 0. The van der Waals surface area contributed by atoms with E-state index < -0.39 is 17.7 Å². The normalized spacial score (nSPS) is 17.5. The number of thiazole rings is 1. The SMILES string of the molecule is Cc1ccc2nc(N3C(=O)C(=O)C(=C(O)c4c(C)nc5ccccn45)C3c3cccc(Cl)c3)sc2c1. The predicted molar refractivity (Wildman–Crippen MR) is 141 cm³/mol. The Morgan fingerprint density at radius 2 is 1.86 bits per heavy atom. The summed E-state index contributed by atoms with van der Waals surface area (Å²) < 4.78 is 2.60. The Hall–Kier alpha value is -4.01. The smallest absolute Gasteiger partial charge is 0.301 e. The number of halogens is 1.